The predicted molar refractivity (Wildman–Crippen MR) is 52.3 cm³/mol. The van der Waals surface area contributed by atoms with Gasteiger partial charge in [-0.3, -0.25) is 0 Å². The lowest BCUT2D eigenvalue weighted by Crippen LogP contribution is -1.47. The quantitative estimate of drug-likeness (QED) is 0.667. The van der Waals surface area contributed by atoms with Crippen molar-refractivity contribution in [1.82, 2.24) is 9.97 Å². The SMILES string of the molecule is Cl.c1c[nH]cn1.c1ccccc1. The van der Waals surface area contributed by atoms with E-state index in [0.29, 0.717) is 0 Å². The van der Waals surface area contributed by atoms with E-state index in [2.05, 4.69) is 9.97 Å². The van der Waals surface area contributed by atoms with Crippen molar-refractivity contribution in [3.63, 3.8) is 0 Å². The van der Waals surface area contributed by atoms with Gasteiger partial charge < -0.3 is 4.98 Å². The molecule has 0 spiro atoms. The molecular weight excluding hydrogens is 172 g/mol. The van der Waals surface area contributed by atoms with Crippen LogP contribution in [-0.2, 0) is 0 Å². The summed E-state index contributed by atoms with van der Waals surface area (Å²) in [5.74, 6) is 0. The topological polar surface area (TPSA) is 28.7 Å². The molecule has 1 N–H and O–H groups in total. The van der Waals surface area contributed by atoms with Crippen LogP contribution in [-0.4, -0.2) is 9.97 Å². The van der Waals surface area contributed by atoms with Gasteiger partial charge in [0, 0.05) is 12.4 Å². The molecule has 1 aromatic heterocycles. The first-order valence-electron chi connectivity index (χ1n) is 3.43. The Labute approximate surface area is 78.1 Å². The van der Waals surface area contributed by atoms with E-state index in [1.54, 1.807) is 18.7 Å². The number of aromatic amines is 1. The molecule has 0 bridgehead atoms. The van der Waals surface area contributed by atoms with Crippen LogP contribution in [0.1, 0.15) is 0 Å². The largest absolute Gasteiger partial charge is 0.351 e. The molecule has 1 aromatic carbocycles. The third kappa shape index (κ3) is 5.50. The third-order valence-electron chi connectivity index (χ3n) is 1.07. The van der Waals surface area contributed by atoms with Gasteiger partial charge in [-0.1, -0.05) is 36.4 Å². The molecule has 3 heteroatoms. The van der Waals surface area contributed by atoms with Crippen molar-refractivity contribution in [2.45, 2.75) is 0 Å². The highest BCUT2D eigenvalue weighted by atomic mass is 35.5. The molecule has 2 nitrogen and oxygen atoms in total. The van der Waals surface area contributed by atoms with E-state index in [1.807, 2.05) is 36.4 Å². The number of H-pyrrole nitrogens is 1. The van der Waals surface area contributed by atoms with Crippen LogP contribution in [0.5, 0.6) is 0 Å². The normalized spacial score (nSPS) is 7.33. The second-order valence-corrected chi connectivity index (χ2v) is 1.92. The van der Waals surface area contributed by atoms with E-state index in [9.17, 15) is 0 Å². The van der Waals surface area contributed by atoms with Gasteiger partial charge in [0.15, 0.2) is 0 Å². The number of nitrogens with one attached hydrogen (secondary N) is 1. The van der Waals surface area contributed by atoms with Crippen molar-refractivity contribution < 1.29 is 0 Å². The average Bonchev–Trinajstić information content (AvgIpc) is 2.64. The highest BCUT2D eigenvalue weighted by molar-refractivity contribution is 5.85. The molecular formula is C9H11ClN2. The molecule has 1 heterocycles. The van der Waals surface area contributed by atoms with E-state index in [4.69, 9.17) is 0 Å². The minimum absolute atomic E-state index is 0. The van der Waals surface area contributed by atoms with Crippen LogP contribution >= 0.6 is 12.4 Å². The maximum Gasteiger partial charge on any atom is 0.0919 e. The van der Waals surface area contributed by atoms with Gasteiger partial charge in [0.2, 0.25) is 0 Å². The molecule has 0 saturated carbocycles. The summed E-state index contributed by atoms with van der Waals surface area (Å²) in [6, 6.07) is 12.0. The summed E-state index contributed by atoms with van der Waals surface area (Å²) in [6.07, 6.45) is 5.08. The summed E-state index contributed by atoms with van der Waals surface area (Å²) in [5, 5.41) is 0. The van der Waals surface area contributed by atoms with Gasteiger partial charge in [-0.05, 0) is 0 Å². The number of hydrogen-bond acceptors (Lipinski definition) is 1. The fourth-order valence-electron chi connectivity index (χ4n) is 0.600. The number of aromatic nitrogens is 2. The first-order valence-corrected chi connectivity index (χ1v) is 3.43. The lowest BCUT2D eigenvalue weighted by atomic mass is 10.4. The smallest absolute Gasteiger partial charge is 0.0919 e. The van der Waals surface area contributed by atoms with Gasteiger partial charge in [-0.15, -0.1) is 12.4 Å². The molecule has 0 fully saturated rings. The molecule has 0 aliphatic rings. The first kappa shape index (κ1) is 10.7. The Morgan fingerprint density at radius 1 is 0.833 bits per heavy atom. The minimum atomic E-state index is 0. The van der Waals surface area contributed by atoms with Gasteiger partial charge in [0.25, 0.3) is 0 Å². The molecule has 2 aromatic rings. The number of nitrogens with zero attached hydrogens (tertiary/aromatic N) is 1. The summed E-state index contributed by atoms with van der Waals surface area (Å²) < 4.78 is 0. The highest BCUT2D eigenvalue weighted by Gasteiger charge is 1.58. The third-order valence-corrected chi connectivity index (χ3v) is 1.07. The maximum absolute atomic E-state index is 3.67. The summed E-state index contributed by atoms with van der Waals surface area (Å²) in [7, 11) is 0. The van der Waals surface area contributed by atoms with Crippen LogP contribution in [0.2, 0.25) is 0 Å². The average molecular weight is 183 g/mol. The Morgan fingerprint density at radius 3 is 1.50 bits per heavy atom. The zero-order valence-electron chi connectivity index (χ0n) is 6.55. The van der Waals surface area contributed by atoms with Gasteiger partial charge in [-0.2, -0.15) is 0 Å². The summed E-state index contributed by atoms with van der Waals surface area (Å²) >= 11 is 0. The molecule has 0 aliphatic carbocycles. The van der Waals surface area contributed by atoms with E-state index in [0.717, 1.165) is 0 Å². The molecule has 0 atom stereocenters. The lowest BCUT2D eigenvalue weighted by molar-refractivity contribution is 1.31. The fraction of sp³-hybridized carbons (Fsp3) is 0. The van der Waals surface area contributed by atoms with Crippen molar-refractivity contribution in [3.05, 3.63) is 55.1 Å². The van der Waals surface area contributed by atoms with Crippen molar-refractivity contribution in [3.8, 4) is 0 Å². The summed E-state index contributed by atoms with van der Waals surface area (Å²) in [6.45, 7) is 0. The first-order chi connectivity index (χ1) is 5.50. The second-order valence-electron chi connectivity index (χ2n) is 1.92. The Hall–Kier alpha value is -1.28. The van der Waals surface area contributed by atoms with Crippen molar-refractivity contribution in [2.24, 2.45) is 0 Å². The number of imidazole rings is 1. The van der Waals surface area contributed by atoms with E-state index >= 15 is 0 Å². The predicted octanol–water partition coefficient (Wildman–Crippen LogP) is 2.52. The Bertz CT molecular complexity index is 198. The second kappa shape index (κ2) is 7.82. The zero-order chi connectivity index (χ0) is 7.78. The number of rotatable bonds is 0. The molecule has 0 radical (unpaired) electrons. The van der Waals surface area contributed by atoms with E-state index in [1.165, 1.54) is 0 Å². The number of halogens is 1. The molecule has 0 saturated heterocycles. The standard InChI is InChI=1S/C6H6.C3H4N2.ClH/c1-2-4-6-5-3-1;1-2-5-3-4-1;/h1-6H;1-3H,(H,4,5);1H. The number of hydrogen-bond donors (Lipinski definition) is 1. The van der Waals surface area contributed by atoms with Gasteiger partial charge >= 0.3 is 0 Å². The van der Waals surface area contributed by atoms with Crippen LogP contribution < -0.4 is 0 Å². The van der Waals surface area contributed by atoms with Crippen LogP contribution in [0.3, 0.4) is 0 Å². The van der Waals surface area contributed by atoms with Crippen molar-refractivity contribution in [2.75, 3.05) is 0 Å². The van der Waals surface area contributed by atoms with Crippen molar-refractivity contribution in [1.29, 1.82) is 0 Å². The van der Waals surface area contributed by atoms with Crippen LogP contribution in [0.25, 0.3) is 0 Å². The van der Waals surface area contributed by atoms with Gasteiger partial charge in [0.1, 0.15) is 0 Å². The molecule has 0 unspecified atom stereocenters. The van der Waals surface area contributed by atoms with Gasteiger partial charge in [0.05, 0.1) is 6.33 Å². The molecule has 2 rings (SSSR count). The van der Waals surface area contributed by atoms with Crippen molar-refractivity contribution >= 4 is 12.4 Å². The summed E-state index contributed by atoms with van der Waals surface area (Å²) in [4.78, 5) is 6.42. The van der Waals surface area contributed by atoms with Crippen LogP contribution in [0, 0.1) is 0 Å². The lowest BCUT2D eigenvalue weighted by Gasteiger charge is -1.69. The Balaban J connectivity index is 0.000000189. The van der Waals surface area contributed by atoms with Gasteiger partial charge in [-0.25, -0.2) is 4.98 Å². The maximum atomic E-state index is 3.67. The Morgan fingerprint density at radius 2 is 1.33 bits per heavy atom. The number of benzene rings is 1. The van der Waals surface area contributed by atoms with Crippen LogP contribution in [0.4, 0.5) is 0 Å². The summed E-state index contributed by atoms with van der Waals surface area (Å²) in [5.41, 5.74) is 0. The fourth-order valence-corrected chi connectivity index (χ4v) is 0.600. The van der Waals surface area contributed by atoms with E-state index in [-0.39, 0.29) is 12.4 Å². The zero-order valence-corrected chi connectivity index (χ0v) is 7.37. The molecule has 64 valence electrons. The Kier molecular flexibility index (Phi) is 6.99. The monoisotopic (exact) mass is 182 g/mol. The highest BCUT2D eigenvalue weighted by Crippen LogP contribution is 1.79. The molecule has 0 amide bonds. The van der Waals surface area contributed by atoms with Crippen LogP contribution in [0.15, 0.2) is 55.1 Å². The minimum Gasteiger partial charge on any atom is -0.351 e. The molecule has 0 aliphatic heterocycles. The molecule has 12 heavy (non-hydrogen) atoms. The van der Waals surface area contributed by atoms with E-state index < -0.39 is 0 Å².